The monoisotopic (exact) mass is 896 g/mol. The van der Waals surface area contributed by atoms with Gasteiger partial charge in [0.15, 0.2) is 0 Å². The fourth-order valence-electron chi connectivity index (χ4n) is 14.0. The molecule has 64 heavy (non-hydrogen) atoms. The highest BCUT2D eigenvalue weighted by Crippen LogP contribution is 2.55. The molecule has 0 bridgehead atoms. The first-order chi connectivity index (χ1) is 30.4. The molecule has 14 nitrogen and oxygen atoms in total. The van der Waals surface area contributed by atoms with E-state index in [1.165, 1.54) is 0 Å². The van der Waals surface area contributed by atoms with Gasteiger partial charge in [0.25, 0.3) is 0 Å². The highest BCUT2D eigenvalue weighted by Gasteiger charge is 2.64. The Morgan fingerprint density at radius 3 is 2.30 bits per heavy atom. The summed E-state index contributed by atoms with van der Waals surface area (Å²) < 4.78 is 75.7. The summed E-state index contributed by atoms with van der Waals surface area (Å²) in [6, 6.07) is 0. The lowest BCUT2D eigenvalue weighted by molar-refractivity contribution is -0.356. The number of ether oxygens (including phenoxy) is 11. The predicted octanol–water partition coefficient (Wildman–Crippen LogP) is 5.27. The van der Waals surface area contributed by atoms with Crippen LogP contribution in [0.3, 0.4) is 0 Å². The Hall–Kier alpha value is -1.79. The Labute approximate surface area is 377 Å². The zero-order valence-electron chi connectivity index (χ0n) is 38.8. The van der Waals surface area contributed by atoms with Crippen LogP contribution in [0.15, 0.2) is 36.0 Å². The van der Waals surface area contributed by atoms with Crippen molar-refractivity contribution in [2.45, 2.75) is 257 Å². The van der Waals surface area contributed by atoms with E-state index >= 15 is 0 Å². The molecule has 0 aromatic rings. The quantitative estimate of drug-likeness (QED) is 0.279. The summed E-state index contributed by atoms with van der Waals surface area (Å²) in [5.41, 5.74) is -1.68. The third kappa shape index (κ3) is 7.46. The molecule has 356 valence electrons. The van der Waals surface area contributed by atoms with Gasteiger partial charge in [0.2, 0.25) is 0 Å². The molecule has 0 aromatic carbocycles. The summed E-state index contributed by atoms with van der Waals surface area (Å²) >= 11 is 0. The normalized spacial score (nSPS) is 57.0. The van der Waals surface area contributed by atoms with E-state index in [0.29, 0.717) is 63.4 Å². The number of aliphatic hydroxyl groups is 2. The molecular formula is C50H72O14. The summed E-state index contributed by atoms with van der Waals surface area (Å²) in [6.45, 7) is 18.7. The van der Waals surface area contributed by atoms with E-state index in [4.69, 9.17) is 52.1 Å². The predicted molar refractivity (Wildman–Crippen MR) is 229 cm³/mol. The van der Waals surface area contributed by atoms with Crippen LogP contribution >= 0.6 is 0 Å². The fourth-order valence-corrected chi connectivity index (χ4v) is 14.0. The number of carbonyl (C=O) groups excluding carboxylic acids is 1. The minimum atomic E-state index is -0.886. The minimum absolute atomic E-state index is 0.101. The molecule has 14 heteroatoms. The molecule has 11 heterocycles. The molecule has 6 unspecified atom stereocenters. The van der Waals surface area contributed by atoms with Gasteiger partial charge in [0.1, 0.15) is 23.9 Å². The second kappa shape index (κ2) is 15.9. The third-order valence-corrected chi connectivity index (χ3v) is 17.9. The number of fused-ring (bicyclic) bond motifs is 10. The summed E-state index contributed by atoms with van der Waals surface area (Å²) in [7, 11) is 0. The second-order valence-corrected chi connectivity index (χ2v) is 22.8. The molecule has 0 aliphatic carbocycles. The van der Waals surface area contributed by atoms with Gasteiger partial charge in [0, 0.05) is 51.0 Å². The number of esters is 1. The average molecular weight is 897 g/mol. The van der Waals surface area contributed by atoms with E-state index in [0.717, 1.165) is 24.8 Å². The van der Waals surface area contributed by atoms with Crippen molar-refractivity contribution in [2.75, 3.05) is 6.61 Å². The third-order valence-electron chi connectivity index (χ3n) is 17.9. The van der Waals surface area contributed by atoms with E-state index in [-0.39, 0.29) is 116 Å². The molecule has 11 aliphatic heterocycles. The molecule has 11 aliphatic rings. The molecule has 0 saturated carbocycles. The molecule has 0 radical (unpaired) electrons. The van der Waals surface area contributed by atoms with Gasteiger partial charge in [-0.15, -0.1) is 0 Å². The minimum Gasteiger partial charge on any atom is -0.456 e. The Bertz CT molecular complexity index is 1910. The Balaban J connectivity index is 0.776. The first-order valence-corrected chi connectivity index (χ1v) is 24.5. The van der Waals surface area contributed by atoms with E-state index in [2.05, 4.69) is 53.3 Å². The maximum absolute atomic E-state index is 12.3. The van der Waals surface area contributed by atoms with Gasteiger partial charge in [0.05, 0.1) is 114 Å². The van der Waals surface area contributed by atoms with Gasteiger partial charge < -0.3 is 62.3 Å². The van der Waals surface area contributed by atoms with E-state index in [9.17, 15) is 15.0 Å². The first-order valence-electron chi connectivity index (χ1n) is 24.5. The van der Waals surface area contributed by atoms with Gasteiger partial charge in [-0.3, -0.25) is 0 Å². The zero-order chi connectivity index (χ0) is 44.7. The van der Waals surface area contributed by atoms with Crippen LogP contribution in [0.2, 0.25) is 0 Å². The van der Waals surface area contributed by atoms with Crippen LogP contribution in [0, 0.1) is 5.92 Å². The number of aliphatic hydroxyl groups excluding tert-OH is 2. The highest BCUT2D eigenvalue weighted by atomic mass is 16.7. The smallest absolute Gasteiger partial charge is 0.331 e. The molecule has 2 N–H and O–H groups in total. The van der Waals surface area contributed by atoms with Crippen LogP contribution < -0.4 is 0 Å². The van der Waals surface area contributed by atoms with Crippen LogP contribution in [0.1, 0.15) is 126 Å². The Morgan fingerprint density at radius 2 is 1.48 bits per heavy atom. The molecule has 0 spiro atoms. The summed E-state index contributed by atoms with van der Waals surface area (Å²) in [5.74, 6) is -0.141. The molecule has 23 atom stereocenters. The topological polar surface area (TPSA) is 159 Å². The Kier molecular flexibility index (Phi) is 11.1. The lowest BCUT2D eigenvalue weighted by Gasteiger charge is -2.60. The molecule has 9 saturated heterocycles. The summed E-state index contributed by atoms with van der Waals surface area (Å²) in [6.07, 6.45) is 9.32. The van der Waals surface area contributed by atoms with Crippen LogP contribution in [-0.4, -0.2) is 155 Å². The zero-order valence-corrected chi connectivity index (χ0v) is 38.8. The van der Waals surface area contributed by atoms with E-state index in [1.807, 2.05) is 13.8 Å². The van der Waals surface area contributed by atoms with Crippen LogP contribution in [-0.2, 0) is 56.9 Å². The van der Waals surface area contributed by atoms with Crippen molar-refractivity contribution in [3.8, 4) is 0 Å². The van der Waals surface area contributed by atoms with Crippen molar-refractivity contribution < 1.29 is 67.1 Å². The van der Waals surface area contributed by atoms with Crippen molar-refractivity contribution in [2.24, 2.45) is 5.92 Å². The maximum Gasteiger partial charge on any atom is 0.331 e. The standard InChI is InChI=1S/C50H72O14/c1-25(24-51)14-28-17-37(52)50(8)41(54-28)19-33-34(61-50)18-32-29(55-33)10-9-12-46(4)42(58-32)23-49(7)40(62-46)21-39-47(5,64-49)13-11-30-44(60-39)26(2)15-31-36(56-30)22-48(6)38(57-31)20-35-45(63-48)27(3)16-43(53)59-35/h9-10,16,26,28-42,44-45,51-52H,1,11-15,17-24H2,2-8H3/b10-9-/t26-,28-,29-,30?,31+,32?,33+,34?,35+,36?,37+,38-,39+,40-,41-,42?,44-,45?,46+,47-,48+,49+,50+/m1/s1. The van der Waals surface area contributed by atoms with Crippen molar-refractivity contribution in [3.05, 3.63) is 36.0 Å². The number of rotatable bonds is 3. The number of carbonyl (C=O) groups is 1. The van der Waals surface area contributed by atoms with Crippen molar-refractivity contribution in [1.29, 1.82) is 0 Å². The SMILES string of the molecule is C=C(CO)C[C@@H]1C[C@H](O)[C@]2(C)OC3CC4OC5C[C@]6(C)O[C@]7(C)CCC8OC9C[C@]%10(C)OC%11C(C)=CC(=O)O[C@H]%11C[C@H]%10O[C@H]9C[C@@H](C)[C@H]8O[C@H]7C[C@H]6O[C@@]5(C)C/C=C\[C@H]4O[C@H]3C[C@H]2O1. The van der Waals surface area contributed by atoms with Gasteiger partial charge in [-0.25, -0.2) is 4.79 Å². The van der Waals surface area contributed by atoms with Gasteiger partial charge in [-0.2, -0.15) is 0 Å². The van der Waals surface area contributed by atoms with Gasteiger partial charge in [-0.1, -0.05) is 25.7 Å². The largest absolute Gasteiger partial charge is 0.456 e. The van der Waals surface area contributed by atoms with Crippen LogP contribution in [0.5, 0.6) is 0 Å². The molecule has 9 fully saturated rings. The summed E-state index contributed by atoms with van der Waals surface area (Å²) in [5, 5.41) is 21.0. The highest BCUT2D eigenvalue weighted by molar-refractivity contribution is 5.84. The number of hydrogen-bond acceptors (Lipinski definition) is 14. The van der Waals surface area contributed by atoms with Crippen molar-refractivity contribution in [3.63, 3.8) is 0 Å². The molecule has 0 aromatic heterocycles. The lowest BCUT2D eigenvalue weighted by Crippen LogP contribution is -2.70. The molecule has 0 amide bonds. The average Bonchev–Trinajstić information content (AvgIpc) is 3.43. The number of hydrogen-bond donors (Lipinski definition) is 2. The van der Waals surface area contributed by atoms with Crippen LogP contribution in [0.25, 0.3) is 0 Å². The second-order valence-electron chi connectivity index (χ2n) is 22.8. The first kappa shape index (κ1) is 44.7. The summed E-state index contributed by atoms with van der Waals surface area (Å²) in [4.78, 5) is 12.3. The Morgan fingerprint density at radius 1 is 0.719 bits per heavy atom. The maximum atomic E-state index is 12.3. The van der Waals surface area contributed by atoms with Gasteiger partial charge in [-0.05, 0) is 90.7 Å². The van der Waals surface area contributed by atoms with Crippen molar-refractivity contribution >= 4 is 5.97 Å². The molecule has 11 rings (SSSR count). The van der Waals surface area contributed by atoms with E-state index in [1.54, 1.807) is 6.08 Å². The lowest BCUT2D eigenvalue weighted by atomic mass is 9.72. The fraction of sp³-hybridized carbons (Fsp3) is 0.860. The van der Waals surface area contributed by atoms with Crippen molar-refractivity contribution in [1.82, 2.24) is 0 Å². The molecular weight excluding hydrogens is 825 g/mol. The van der Waals surface area contributed by atoms with E-state index < -0.39 is 34.1 Å². The van der Waals surface area contributed by atoms with Crippen LogP contribution in [0.4, 0.5) is 0 Å². The van der Waals surface area contributed by atoms with Gasteiger partial charge >= 0.3 is 5.97 Å².